The molecular formula is C13H15ClN2O4. The molecule has 0 aromatic heterocycles. The lowest BCUT2D eigenvalue weighted by molar-refractivity contribution is -0.142. The number of aliphatic carboxylic acids is 1. The molecule has 2 atom stereocenters. The number of halogens is 1. The van der Waals surface area contributed by atoms with Gasteiger partial charge in [-0.1, -0.05) is 17.7 Å². The maximum absolute atomic E-state index is 11.9. The molecule has 6 nitrogen and oxygen atoms in total. The number of carboxylic acid groups (broad SMARTS) is 1. The van der Waals surface area contributed by atoms with Crippen molar-refractivity contribution in [3.63, 3.8) is 0 Å². The summed E-state index contributed by atoms with van der Waals surface area (Å²) >= 11 is 5.81. The molecule has 0 aliphatic carbocycles. The van der Waals surface area contributed by atoms with Crippen molar-refractivity contribution in [3.8, 4) is 0 Å². The minimum absolute atomic E-state index is 0.0828. The molecule has 1 aliphatic rings. The monoisotopic (exact) mass is 298 g/mol. The molecule has 3 N–H and O–H groups in total. The van der Waals surface area contributed by atoms with Gasteiger partial charge in [0.1, 0.15) is 6.04 Å². The van der Waals surface area contributed by atoms with Crippen molar-refractivity contribution in [3.05, 3.63) is 29.3 Å². The average molecular weight is 299 g/mol. The zero-order chi connectivity index (χ0) is 14.7. The molecule has 0 bridgehead atoms. The summed E-state index contributed by atoms with van der Waals surface area (Å²) in [6, 6.07) is 5.87. The number of rotatable bonds is 4. The summed E-state index contributed by atoms with van der Waals surface area (Å²) in [7, 11) is 0. The number of anilines is 1. The van der Waals surface area contributed by atoms with E-state index in [4.69, 9.17) is 16.7 Å². The lowest BCUT2D eigenvalue weighted by Crippen LogP contribution is -2.41. The lowest BCUT2D eigenvalue weighted by atomic mass is 10.2. The van der Waals surface area contributed by atoms with Gasteiger partial charge in [-0.3, -0.25) is 14.5 Å². The summed E-state index contributed by atoms with van der Waals surface area (Å²) in [4.78, 5) is 24.4. The van der Waals surface area contributed by atoms with Crippen LogP contribution in [0.15, 0.2) is 24.3 Å². The van der Waals surface area contributed by atoms with Gasteiger partial charge in [-0.05, 0) is 18.2 Å². The van der Waals surface area contributed by atoms with Gasteiger partial charge in [-0.2, -0.15) is 0 Å². The molecule has 2 rings (SSSR count). The first kappa shape index (κ1) is 14.8. The molecule has 1 aliphatic heterocycles. The van der Waals surface area contributed by atoms with Gasteiger partial charge >= 0.3 is 5.97 Å². The maximum atomic E-state index is 11.9. The van der Waals surface area contributed by atoms with Gasteiger partial charge in [0, 0.05) is 23.7 Å². The summed E-state index contributed by atoms with van der Waals surface area (Å²) in [5.41, 5.74) is 0.550. The number of carbonyl (C=O) groups is 2. The molecule has 108 valence electrons. The lowest BCUT2D eigenvalue weighted by Gasteiger charge is -2.19. The zero-order valence-corrected chi connectivity index (χ0v) is 11.4. The van der Waals surface area contributed by atoms with Crippen LogP contribution >= 0.6 is 11.6 Å². The van der Waals surface area contributed by atoms with Crippen molar-refractivity contribution in [2.75, 3.05) is 18.4 Å². The van der Waals surface area contributed by atoms with E-state index < -0.39 is 18.1 Å². The van der Waals surface area contributed by atoms with E-state index in [-0.39, 0.29) is 25.4 Å². The highest BCUT2D eigenvalue weighted by Gasteiger charge is 2.36. The number of β-amino-alcohol motifs (C(OH)–C–C–N with tert-alkyl or cyclic N) is 1. The standard InChI is InChI=1S/C13H15ClN2O4/c14-8-2-1-3-9(4-8)15-12(18)7-16-6-10(17)5-11(16)13(19)20/h1-4,10-11,17H,5-7H2,(H,15,18)(H,19,20). The van der Waals surface area contributed by atoms with Crippen LogP contribution in [0.3, 0.4) is 0 Å². The average Bonchev–Trinajstić information content (AvgIpc) is 2.70. The number of amides is 1. The number of benzene rings is 1. The quantitative estimate of drug-likeness (QED) is 0.765. The second-order valence-electron chi connectivity index (χ2n) is 4.73. The largest absolute Gasteiger partial charge is 0.480 e. The van der Waals surface area contributed by atoms with E-state index in [1.807, 2.05) is 0 Å². The predicted molar refractivity (Wildman–Crippen MR) is 73.7 cm³/mol. The normalized spacial score (nSPS) is 22.7. The zero-order valence-electron chi connectivity index (χ0n) is 10.6. The molecular weight excluding hydrogens is 284 g/mol. The molecule has 1 fully saturated rings. The number of aliphatic hydroxyl groups is 1. The highest BCUT2D eigenvalue weighted by molar-refractivity contribution is 6.30. The smallest absolute Gasteiger partial charge is 0.321 e. The Bertz CT molecular complexity index is 523. The van der Waals surface area contributed by atoms with Crippen molar-refractivity contribution < 1.29 is 19.8 Å². The summed E-state index contributed by atoms with van der Waals surface area (Å²) in [5.74, 6) is -1.37. The van der Waals surface area contributed by atoms with Crippen LogP contribution in [0.5, 0.6) is 0 Å². The first-order chi connectivity index (χ1) is 9.45. The van der Waals surface area contributed by atoms with Crippen LogP contribution in [0.4, 0.5) is 5.69 Å². The van der Waals surface area contributed by atoms with Crippen LogP contribution in [0.2, 0.25) is 5.02 Å². The Morgan fingerprint density at radius 2 is 2.20 bits per heavy atom. The number of hydrogen-bond acceptors (Lipinski definition) is 4. The fourth-order valence-electron chi connectivity index (χ4n) is 2.26. The number of aliphatic hydroxyl groups excluding tert-OH is 1. The molecule has 7 heteroatoms. The number of nitrogens with one attached hydrogen (secondary N) is 1. The Hall–Kier alpha value is -1.63. The molecule has 1 aromatic carbocycles. The Kier molecular flexibility index (Phi) is 4.59. The summed E-state index contributed by atoms with van der Waals surface area (Å²) in [6.07, 6.45) is -0.574. The molecule has 0 radical (unpaired) electrons. The molecule has 1 amide bonds. The number of carbonyl (C=O) groups excluding carboxylic acids is 1. The van der Waals surface area contributed by atoms with Gasteiger partial charge < -0.3 is 15.5 Å². The van der Waals surface area contributed by atoms with Crippen molar-refractivity contribution >= 4 is 29.2 Å². The highest BCUT2D eigenvalue weighted by Crippen LogP contribution is 2.19. The minimum Gasteiger partial charge on any atom is -0.480 e. The van der Waals surface area contributed by atoms with Crippen molar-refractivity contribution in [2.24, 2.45) is 0 Å². The van der Waals surface area contributed by atoms with Gasteiger partial charge in [0.2, 0.25) is 5.91 Å². The molecule has 0 saturated carbocycles. The predicted octanol–water partition coefficient (Wildman–Crippen LogP) is 0.798. The van der Waals surface area contributed by atoms with Gasteiger partial charge in [0.25, 0.3) is 0 Å². The fraction of sp³-hybridized carbons (Fsp3) is 0.385. The SMILES string of the molecule is O=C(CN1CC(O)CC1C(=O)O)Nc1cccc(Cl)c1. The van der Waals surface area contributed by atoms with Gasteiger partial charge in [0.15, 0.2) is 0 Å². The number of nitrogens with zero attached hydrogens (tertiary/aromatic N) is 1. The third-order valence-corrected chi connectivity index (χ3v) is 3.36. The maximum Gasteiger partial charge on any atom is 0.321 e. The fourth-order valence-corrected chi connectivity index (χ4v) is 2.45. The van der Waals surface area contributed by atoms with Gasteiger partial charge in [-0.25, -0.2) is 0 Å². The number of hydrogen-bond donors (Lipinski definition) is 3. The Morgan fingerprint density at radius 3 is 2.85 bits per heavy atom. The van der Waals surface area contributed by atoms with E-state index in [1.165, 1.54) is 4.90 Å². The second-order valence-corrected chi connectivity index (χ2v) is 5.17. The van der Waals surface area contributed by atoms with E-state index in [1.54, 1.807) is 24.3 Å². The topological polar surface area (TPSA) is 89.9 Å². The Morgan fingerprint density at radius 1 is 1.45 bits per heavy atom. The summed E-state index contributed by atoms with van der Waals surface area (Å²) < 4.78 is 0. The van der Waals surface area contributed by atoms with Crippen LogP contribution in [-0.2, 0) is 9.59 Å². The van der Waals surface area contributed by atoms with Gasteiger partial charge in [-0.15, -0.1) is 0 Å². The minimum atomic E-state index is -1.03. The van der Waals surface area contributed by atoms with Gasteiger partial charge in [0.05, 0.1) is 12.6 Å². The summed E-state index contributed by atoms with van der Waals surface area (Å²) in [6.45, 7) is 0.0977. The first-order valence-corrected chi connectivity index (χ1v) is 6.54. The van der Waals surface area contributed by atoms with Crippen LogP contribution in [0.25, 0.3) is 0 Å². The molecule has 2 unspecified atom stereocenters. The van der Waals surface area contributed by atoms with Crippen molar-refractivity contribution in [1.29, 1.82) is 0 Å². The Balaban J connectivity index is 1.95. The molecule has 1 saturated heterocycles. The molecule has 1 heterocycles. The summed E-state index contributed by atoms with van der Waals surface area (Å²) in [5, 5.41) is 21.7. The van der Waals surface area contributed by atoms with E-state index in [2.05, 4.69) is 5.32 Å². The highest BCUT2D eigenvalue weighted by atomic mass is 35.5. The van der Waals surface area contributed by atoms with E-state index in [0.29, 0.717) is 10.7 Å². The number of likely N-dealkylation sites (tertiary alicyclic amines) is 1. The first-order valence-electron chi connectivity index (χ1n) is 6.16. The molecule has 1 aromatic rings. The van der Waals surface area contributed by atoms with E-state index >= 15 is 0 Å². The van der Waals surface area contributed by atoms with E-state index in [0.717, 1.165) is 0 Å². The van der Waals surface area contributed by atoms with Crippen LogP contribution in [0, 0.1) is 0 Å². The third-order valence-electron chi connectivity index (χ3n) is 3.12. The van der Waals surface area contributed by atoms with Crippen LogP contribution in [-0.4, -0.2) is 52.2 Å². The Labute approximate surface area is 121 Å². The van der Waals surface area contributed by atoms with Crippen molar-refractivity contribution in [2.45, 2.75) is 18.6 Å². The van der Waals surface area contributed by atoms with Crippen molar-refractivity contribution in [1.82, 2.24) is 4.90 Å². The molecule has 0 spiro atoms. The van der Waals surface area contributed by atoms with Crippen LogP contribution < -0.4 is 5.32 Å². The second kappa shape index (κ2) is 6.21. The third kappa shape index (κ3) is 3.69. The number of carboxylic acids is 1. The van der Waals surface area contributed by atoms with E-state index in [9.17, 15) is 14.7 Å². The van der Waals surface area contributed by atoms with Crippen LogP contribution in [0.1, 0.15) is 6.42 Å². The molecule has 20 heavy (non-hydrogen) atoms.